The number of hydrogen-bond donors (Lipinski definition) is 2. The minimum Gasteiger partial charge on any atom is -0.300 e. The molecule has 0 unspecified atom stereocenters. The Bertz CT molecular complexity index is 229. The molecule has 0 spiro atoms. The highest BCUT2D eigenvalue weighted by Gasteiger charge is 2.33. The Labute approximate surface area is 111 Å². The van der Waals surface area contributed by atoms with Crippen molar-refractivity contribution in [2.45, 2.75) is 63.5 Å². The van der Waals surface area contributed by atoms with Gasteiger partial charge in [0.25, 0.3) is 0 Å². The van der Waals surface area contributed by atoms with Crippen molar-refractivity contribution in [1.82, 2.24) is 9.62 Å². The first-order chi connectivity index (χ1) is 8.35. The molecule has 0 heterocycles. The number of nitrogens with one attached hydrogen (secondary N) is 1. The minimum atomic E-state index is 0.665. The van der Waals surface area contributed by atoms with Gasteiger partial charge >= 0.3 is 0 Å². The monoisotopic (exact) mass is 254 g/mol. The van der Waals surface area contributed by atoms with Gasteiger partial charge in [0, 0.05) is 25.2 Å². The molecule has 2 nitrogen and oxygen atoms in total. The Morgan fingerprint density at radius 3 is 1.76 bits per heavy atom. The van der Waals surface area contributed by atoms with Gasteiger partial charge in [-0.25, -0.2) is 0 Å². The van der Waals surface area contributed by atoms with E-state index in [9.17, 15) is 0 Å². The number of hydrogen-bond acceptors (Lipinski definition) is 3. The van der Waals surface area contributed by atoms with Crippen molar-refractivity contribution in [2.75, 3.05) is 13.1 Å². The van der Waals surface area contributed by atoms with Gasteiger partial charge in [-0.1, -0.05) is 12.8 Å². The standard InChI is InChI=1S/C14H26N2S/c17-15-13-5-7-14(8-6-13)16(9-11-1-2-11)10-12-3-4-12/h11-15,17H,1-10H2. The maximum atomic E-state index is 4.21. The lowest BCUT2D eigenvalue weighted by molar-refractivity contribution is 0.136. The maximum absolute atomic E-state index is 4.21. The molecule has 0 radical (unpaired) electrons. The molecule has 3 saturated carbocycles. The summed E-state index contributed by atoms with van der Waals surface area (Å²) in [5.41, 5.74) is 0. The number of rotatable bonds is 6. The van der Waals surface area contributed by atoms with E-state index >= 15 is 0 Å². The Morgan fingerprint density at radius 2 is 1.35 bits per heavy atom. The van der Waals surface area contributed by atoms with Crippen molar-refractivity contribution in [2.24, 2.45) is 11.8 Å². The van der Waals surface area contributed by atoms with E-state index < -0.39 is 0 Å². The largest absolute Gasteiger partial charge is 0.300 e. The van der Waals surface area contributed by atoms with Gasteiger partial charge in [0.05, 0.1) is 0 Å². The Morgan fingerprint density at radius 1 is 0.824 bits per heavy atom. The molecular formula is C14H26N2S. The quantitative estimate of drug-likeness (QED) is 0.709. The zero-order valence-corrected chi connectivity index (χ0v) is 11.7. The van der Waals surface area contributed by atoms with Crippen LogP contribution >= 0.6 is 12.8 Å². The van der Waals surface area contributed by atoms with Crippen molar-refractivity contribution < 1.29 is 0 Å². The van der Waals surface area contributed by atoms with Crippen LogP contribution in [-0.4, -0.2) is 30.1 Å². The van der Waals surface area contributed by atoms with Crippen LogP contribution in [0.5, 0.6) is 0 Å². The fourth-order valence-corrected chi connectivity index (χ4v) is 3.47. The molecule has 3 rings (SSSR count). The highest BCUT2D eigenvalue weighted by Crippen LogP contribution is 2.36. The van der Waals surface area contributed by atoms with Gasteiger partial charge < -0.3 is 0 Å². The lowest BCUT2D eigenvalue weighted by Gasteiger charge is -2.37. The second kappa shape index (κ2) is 5.50. The Hall–Kier alpha value is 0.270. The Kier molecular flexibility index (Phi) is 3.98. The van der Waals surface area contributed by atoms with Crippen molar-refractivity contribution in [3.05, 3.63) is 0 Å². The van der Waals surface area contributed by atoms with E-state index in [-0.39, 0.29) is 0 Å². The van der Waals surface area contributed by atoms with Crippen LogP contribution < -0.4 is 4.72 Å². The van der Waals surface area contributed by atoms with Crippen LogP contribution in [0.1, 0.15) is 51.4 Å². The van der Waals surface area contributed by atoms with Gasteiger partial charge in [0.1, 0.15) is 0 Å². The molecule has 3 fully saturated rings. The number of thiol groups is 1. The summed E-state index contributed by atoms with van der Waals surface area (Å²) in [6.07, 6.45) is 11.4. The summed E-state index contributed by atoms with van der Waals surface area (Å²) in [6.45, 7) is 2.81. The average molecular weight is 254 g/mol. The predicted molar refractivity (Wildman–Crippen MR) is 75.2 cm³/mol. The van der Waals surface area contributed by atoms with Crippen LogP contribution in [0.4, 0.5) is 0 Å². The lowest BCUT2D eigenvalue weighted by Crippen LogP contribution is -2.42. The van der Waals surface area contributed by atoms with Crippen LogP contribution in [0, 0.1) is 11.8 Å². The smallest absolute Gasteiger partial charge is 0.0170 e. The summed E-state index contributed by atoms with van der Waals surface area (Å²) < 4.78 is 3.15. The molecule has 0 saturated heterocycles. The first-order valence-corrected chi connectivity index (χ1v) is 7.93. The third-order valence-corrected chi connectivity index (χ3v) is 5.14. The summed E-state index contributed by atoms with van der Waals surface area (Å²) in [5, 5.41) is 0. The molecule has 0 bridgehead atoms. The highest BCUT2D eigenvalue weighted by atomic mass is 32.1. The second-order valence-electron chi connectivity index (χ2n) is 6.48. The molecule has 17 heavy (non-hydrogen) atoms. The van der Waals surface area contributed by atoms with Gasteiger partial charge in [0.2, 0.25) is 0 Å². The summed E-state index contributed by atoms with van der Waals surface area (Å²) in [7, 11) is 0. The van der Waals surface area contributed by atoms with Crippen molar-refractivity contribution in [3.8, 4) is 0 Å². The van der Waals surface area contributed by atoms with Crippen LogP contribution in [0.3, 0.4) is 0 Å². The fraction of sp³-hybridized carbons (Fsp3) is 1.00. The van der Waals surface area contributed by atoms with Gasteiger partial charge in [-0.05, 0) is 63.2 Å². The van der Waals surface area contributed by atoms with Crippen LogP contribution in [0.15, 0.2) is 0 Å². The minimum absolute atomic E-state index is 0.665. The van der Waals surface area contributed by atoms with E-state index in [4.69, 9.17) is 0 Å². The molecule has 98 valence electrons. The first-order valence-electron chi connectivity index (χ1n) is 7.49. The van der Waals surface area contributed by atoms with Gasteiger partial charge in [-0.3, -0.25) is 9.62 Å². The predicted octanol–water partition coefficient (Wildman–Crippen LogP) is 2.85. The van der Waals surface area contributed by atoms with E-state index in [1.165, 1.54) is 64.5 Å². The molecule has 3 aliphatic rings. The molecule has 3 aliphatic carbocycles. The first kappa shape index (κ1) is 12.3. The van der Waals surface area contributed by atoms with Gasteiger partial charge in [-0.2, -0.15) is 0 Å². The van der Waals surface area contributed by atoms with E-state index in [0.717, 1.165) is 17.9 Å². The lowest BCUT2D eigenvalue weighted by atomic mass is 9.90. The molecule has 0 aromatic rings. The second-order valence-corrected chi connectivity index (χ2v) is 6.73. The zero-order chi connectivity index (χ0) is 11.7. The molecule has 0 amide bonds. The van der Waals surface area contributed by atoms with Crippen molar-refractivity contribution in [1.29, 1.82) is 0 Å². The van der Waals surface area contributed by atoms with Crippen LogP contribution in [0.2, 0.25) is 0 Å². The molecule has 3 heteroatoms. The summed E-state index contributed by atoms with van der Waals surface area (Å²) >= 11 is 4.21. The Balaban J connectivity index is 1.50. The summed E-state index contributed by atoms with van der Waals surface area (Å²) in [4.78, 5) is 2.85. The van der Waals surface area contributed by atoms with Gasteiger partial charge in [-0.15, -0.1) is 0 Å². The fourth-order valence-electron chi connectivity index (χ4n) is 3.21. The molecule has 0 atom stereocenters. The normalized spacial score (nSPS) is 34.2. The molecule has 1 N–H and O–H groups in total. The van der Waals surface area contributed by atoms with E-state index in [0.29, 0.717) is 6.04 Å². The SMILES string of the molecule is SNC1CCC(N(CC2CC2)CC2CC2)CC1. The number of nitrogens with zero attached hydrogens (tertiary/aromatic N) is 1. The van der Waals surface area contributed by atoms with Crippen molar-refractivity contribution >= 4 is 12.8 Å². The maximum Gasteiger partial charge on any atom is 0.0170 e. The third-order valence-electron chi connectivity index (χ3n) is 4.77. The zero-order valence-electron chi connectivity index (χ0n) is 10.8. The van der Waals surface area contributed by atoms with E-state index in [1.54, 1.807) is 0 Å². The van der Waals surface area contributed by atoms with Crippen molar-refractivity contribution in [3.63, 3.8) is 0 Å². The molecular weight excluding hydrogens is 228 g/mol. The molecule has 0 aromatic carbocycles. The van der Waals surface area contributed by atoms with E-state index in [2.05, 4.69) is 22.4 Å². The molecule has 0 aliphatic heterocycles. The van der Waals surface area contributed by atoms with E-state index in [1.807, 2.05) is 0 Å². The van der Waals surface area contributed by atoms with Crippen LogP contribution in [-0.2, 0) is 0 Å². The molecule has 0 aromatic heterocycles. The summed E-state index contributed by atoms with van der Waals surface area (Å²) in [5.74, 6) is 2.10. The topological polar surface area (TPSA) is 15.3 Å². The average Bonchev–Trinajstić information content (AvgIpc) is 3.23. The highest BCUT2D eigenvalue weighted by molar-refractivity contribution is 7.78. The summed E-state index contributed by atoms with van der Waals surface area (Å²) in [6, 6.07) is 1.55. The van der Waals surface area contributed by atoms with Crippen LogP contribution in [0.25, 0.3) is 0 Å². The third kappa shape index (κ3) is 3.62. The van der Waals surface area contributed by atoms with Gasteiger partial charge in [0.15, 0.2) is 0 Å².